The molecule has 17 heavy (non-hydrogen) atoms. The normalized spacial score (nSPS) is 22.8. The summed E-state index contributed by atoms with van der Waals surface area (Å²) >= 11 is 0. The summed E-state index contributed by atoms with van der Waals surface area (Å²) < 4.78 is 0. The van der Waals surface area contributed by atoms with Crippen LogP contribution in [0.4, 0.5) is 4.79 Å². The number of carbonyl (C=O) groups excluding carboxylic acids is 1. The van der Waals surface area contributed by atoms with E-state index < -0.39 is 0 Å². The Balaban J connectivity index is 1.84. The zero-order valence-electron chi connectivity index (χ0n) is 10.4. The predicted molar refractivity (Wildman–Crippen MR) is 65.4 cm³/mol. The molecule has 0 aromatic heterocycles. The second-order valence-corrected chi connectivity index (χ2v) is 5.11. The van der Waals surface area contributed by atoms with E-state index in [9.17, 15) is 4.79 Å². The number of urea groups is 1. The van der Waals surface area contributed by atoms with Gasteiger partial charge in [-0.15, -0.1) is 0 Å². The van der Waals surface area contributed by atoms with Crippen molar-refractivity contribution in [2.45, 2.75) is 32.6 Å². The first-order valence-corrected chi connectivity index (χ1v) is 6.44. The van der Waals surface area contributed by atoms with Gasteiger partial charge in [0, 0.05) is 39.0 Å². The van der Waals surface area contributed by atoms with Crippen molar-refractivity contribution in [3.8, 4) is 0 Å². The lowest BCUT2D eigenvalue weighted by atomic mass is 9.99. The van der Waals surface area contributed by atoms with E-state index in [0.717, 1.165) is 37.6 Å². The lowest BCUT2D eigenvalue weighted by molar-refractivity contribution is 0.134. The number of amides is 2. The number of nitrogens with zero attached hydrogens (tertiary/aromatic N) is 3. The van der Waals surface area contributed by atoms with Crippen LogP contribution < -0.4 is 0 Å². The molecule has 0 saturated carbocycles. The van der Waals surface area contributed by atoms with Gasteiger partial charge in [-0.05, 0) is 18.8 Å². The summed E-state index contributed by atoms with van der Waals surface area (Å²) in [6.45, 7) is 5.39. The third-order valence-corrected chi connectivity index (χ3v) is 3.81. The van der Waals surface area contributed by atoms with Crippen molar-refractivity contribution in [3.05, 3.63) is 0 Å². The minimum Gasteiger partial charge on any atom is -0.411 e. The van der Waals surface area contributed by atoms with Gasteiger partial charge in [0.05, 0.1) is 5.71 Å². The molecule has 2 rings (SSSR count). The highest BCUT2D eigenvalue weighted by Gasteiger charge is 2.26. The number of carbonyl (C=O) groups is 1. The van der Waals surface area contributed by atoms with Crippen LogP contribution in [0.1, 0.15) is 32.6 Å². The van der Waals surface area contributed by atoms with E-state index in [0.29, 0.717) is 25.9 Å². The van der Waals surface area contributed by atoms with E-state index in [1.807, 2.05) is 9.80 Å². The van der Waals surface area contributed by atoms with Crippen LogP contribution in [0.3, 0.4) is 0 Å². The van der Waals surface area contributed by atoms with Crippen LogP contribution in [0.2, 0.25) is 0 Å². The van der Waals surface area contributed by atoms with Gasteiger partial charge in [0.2, 0.25) is 0 Å². The number of hydrogen-bond donors (Lipinski definition) is 1. The first-order chi connectivity index (χ1) is 8.20. The highest BCUT2D eigenvalue weighted by atomic mass is 16.4. The molecule has 2 aliphatic rings. The molecule has 0 atom stereocenters. The summed E-state index contributed by atoms with van der Waals surface area (Å²) in [5, 5.41) is 11.9. The Kier molecular flexibility index (Phi) is 3.86. The Morgan fingerprint density at radius 1 is 1.18 bits per heavy atom. The molecule has 2 heterocycles. The molecule has 0 aliphatic carbocycles. The van der Waals surface area contributed by atoms with Gasteiger partial charge >= 0.3 is 6.03 Å². The third-order valence-electron chi connectivity index (χ3n) is 3.81. The summed E-state index contributed by atoms with van der Waals surface area (Å²) in [5.74, 6) is 0.744. The van der Waals surface area contributed by atoms with Crippen LogP contribution in [-0.2, 0) is 0 Å². The van der Waals surface area contributed by atoms with Gasteiger partial charge in [0.1, 0.15) is 0 Å². The standard InChI is InChI=1S/C12H21N3O2/c1-10-2-6-14(7-3-10)12(16)15-8-4-11(13-17)5-9-15/h10,17H,2-9H2,1H3. The van der Waals surface area contributed by atoms with Gasteiger partial charge in [-0.3, -0.25) is 0 Å². The van der Waals surface area contributed by atoms with Crippen molar-refractivity contribution in [1.29, 1.82) is 0 Å². The van der Waals surface area contributed by atoms with Gasteiger partial charge in [-0.25, -0.2) is 4.79 Å². The summed E-state index contributed by atoms with van der Waals surface area (Å²) in [5.41, 5.74) is 0.807. The minimum absolute atomic E-state index is 0.161. The molecular formula is C12H21N3O2. The fraction of sp³-hybridized carbons (Fsp3) is 0.833. The molecule has 1 N–H and O–H groups in total. The second kappa shape index (κ2) is 5.38. The molecular weight excluding hydrogens is 218 g/mol. The average molecular weight is 239 g/mol. The molecule has 96 valence electrons. The van der Waals surface area contributed by atoms with Gasteiger partial charge in [0.25, 0.3) is 0 Å². The number of likely N-dealkylation sites (tertiary alicyclic amines) is 2. The molecule has 2 aliphatic heterocycles. The lowest BCUT2D eigenvalue weighted by Gasteiger charge is -2.36. The molecule has 2 fully saturated rings. The maximum Gasteiger partial charge on any atom is 0.320 e. The largest absolute Gasteiger partial charge is 0.411 e. The number of piperidine rings is 2. The summed E-state index contributed by atoms with van der Waals surface area (Å²) in [6, 6.07) is 0.161. The Morgan fingerprint density at radius 2 is 1.71 bits per heavy atom. The van der Waals surface area contributed by atoms with Crippen molar-refractivity contribution >= 4 is 11.7 Å². The number of rotatable bonds is 0. The van der Waals surface area contributed by atoms with Gasteiger partial charge in [-0.1, -0.05) is 12.1 Å². The Labute approximate surface area is 102 Å². The monoisotopic (exact) mass is 239 g/mol. The van der Waals surface area contributed by atoms with E-state index >= 15 is 0 Å². The van der Waals surface area contributed by atoms with Crippen molar-refractivity contribution in [1.82, 2.24) is 9.80 Å². The zero-order valence-corrected chi connectivity index (χ0v) is 10.4. The topological polar surface area (TPSA) is 56.1 Å². The molecule has 5 nitrogen and oxygen atoms in total. The molecule has 0 unspecified atom stereocenters. The third kappa shape index (κ3) is 2.90. The van der Waals surface area contributed by atoms with E-state index in [1.165, 1.54) is 0 Å². The minimum atomic E-state index is 0.161. The van der Waals surface area contributed by atoms with Crippen LogP contribution in [0.25, 0.3) is 0 Å². The maximum atomic E-state index is 12.2. The van der Waals surface area contributed by atoms with E-state index in [-0.39, 0.29) is 6.03 Å². The van der Waals surface area contributed by atoms with Gasteiger partial charge < -0.3 is 15.0 Å². The zero-order chi connectivity index (χ0) is 12.3. The molecule has 2 saturated heterocycles. The van der Waals surface area contributed by atoms with Crippen LogP contribution in [-0.4, -0.2) is 52.9 Å². The molecule has 0 radical (unpaired) electrons. The quantitative estimate of drug-likeness (QED) is 0.517. The molecule has 0 spiro atoms. The molecule has 0 aromatic rings. The Bertz CT molecular complexity index is 299. The highest BCUT2D eigenvalue weighted by Crippen LogP contribution is 2.18. The van der Waals surface area contributed by atoms with Gasteiger partial charge in [0.15, 0.2) is 0 Å². The SMILES string of the molecule is CC1CCN(C(=O)N2CCC(=NO)CC2)CC1. The molecule has 2 amide bonds. The van der Waals surface area contributed by atoms with E-state index in [2.05, 4.69) is 12.1 Å². The summed E-state index contributed by atoms with van der Waals surface area (Å²) in [6.07, 6.45) is 3.63. The van der Waals surface area contributed by atoms with Crippen molar-refractivity contribution in [2.75, 3.05) is 26.2 Å². The van der Waals surface area contributed by atoms with Crippen LogP contribution in [0.15, 0.2) is 5.16 Å². The van der Waals surface area contributed by atoms with Crippen LogP contribution in [0.5, 0.6) is 0 Å². The maximum absolute atomic E-state index is 12.2. The first-order valence-electron chi connectivity index (χ1n) is 6.44. The lowest BCUT2D eigenvalue weighted by Crippen LogP contribution is -2.49. The molecule has 5 heteroatoms. The van der Waals surface area contributed by atoms with Gasteiger partial charge in [-0.2, -0.15) is 0 Å². The fourth-order valence-corrected chi connectivity index (χ4v) is 2.46. The van der Waals surface area contributed by atoms with E-state index in [1.54, 1.807) is 0 Å². The van der Waals surface area contributed by atoms with Crippen molar-refractivity contribution < 1.29 is 10.0 Å². The predicted octanol–water partition coefficient (Wildman–Crippen LogP) is 1.76. The summed E-state index contributed by atoms with van der Waals surface area (Å²) in [4.78, 5) is 16.0. The van der Waals surface area contributed by atoms with Crippen LogP contribution in [0, 0.1) is 5.92 Å². The smallest absolute Gasteiger partial charge is 0.320 e. The second-order valence-electron chi connectivity index (χ2n) is 5.11. The number of hydrogen-bond acceptors (Lipinski definition) is 3. The van der Waals surface area contributed by atoms with Crippen molar-refractivity contribution in [2.24, 2.45) is 11.1 Å². The highest BCUT2D eigenvalue weighted by molar-refractivity contribution is 5.86. The Morgan fingerprint density at radius 3 is 2.24 bits per heavy atom. The number of oxime groups is 1. The first kappa shape index (κ1) is 12.2. The average Bonchev–Trinajstić information content (AvgIpc) is 2.39. The Hall–Kier alpha value is -1.26. The van der Waals surface area contributed by atoms with Crippen LogP contribution >= 0.6 is 0 Å². The molecule has 0 bridgehead atoms. The molecule has 0 aromatic carbocycles. The van der Waals surface area contributed by atoms with E-state index in [4.69, 9.17) is 5.21 Å². The summed E-state index contributed by atoms with van der Waals surface area (Å²) in [7, 11) is 0. The fourth-order valence-electron chi connectivity index (χ4n) is 2.46. The van der Waals surface area contributed by atoms with Crippen molar-refractivity contribution in [3.63, 3.8) is 0 Å².